The van der Waals surface area contributed by atoms with Crippen molar-refractivity contribution < 1.29 is 14.2 Å². The maximum atomic E-state index is 5.35. The van der Waals surface area contributed by atoms with Crippen LogP contribution in [-0.4, -0.2) is 32.2 Å². The van der Waals surface area contributed by atoms with Gasteiger partial charge in [-0.05, 0) is 0 Å². The Balaban J connectivity index is 1.76. The lowest BCUT2D eigenvalue weighted by Crippen LogP contribution is -2.30. The molecule has 10 heavy (non-hydrogen) atoms. The molecular formula is C6H11ClO3. The second-order valence-corrected chi connectivity index (χ2v) is 2.35. The van der Waals surface area contributed by atoms with Crippen molar-refractivity contribution in [2.45, 2.75) is 12.7 Å². The highest BCUT2D eigenvalue weighted by Gasteiger charge is 2.17. The van der Waals surface area contributed by atoms with Crippen LogP contribution in [0.1, 0.15) is 6.42 Å². The fourth-order valence-corrected chi connectivity index (χ4v) is 0.692. The second-order valence-electron chi connectivity index (χ2n) is 1.97. The molecule has 1 aliphatic rings. The van der Waals surface area contributed by atoms with Gasteiger partial charge in [-0.25, -0.2) is 0 Å². The first-order valence-electron chi connectivity index (χ1n) is 3.30. The lowest BCUT2D eigenvalue weighted by molar-refractivity contribution is -0.248. The zero-order chi connectivity index (χ0) is 7.23. The van der Waals surface area contributed by atoms with Gasteiger partial charge in [0.2, 0.25) is 0 Å². The zero-order valence-corrected chi connectivity index (χ0v) is 6.47. The Morgan fingerprint density at radius 3 is 2.90 bits per heavy atom. The first kappa shape index (κ1) is 8.27. The molecule has 0 aromatic carbocycles. The smallest absolute Gasteiger partial charge is 0.162 e. The minimum absolute atomic E-state index is 0.0321. The highest BCUT2D eigenvalue weighted by atomic mass is 35.5. The molecule has 3 nitrogen and oxygen atoms in total. The van der Waals surface area contributed by atoms with Crippen molar-refractivity contribution in [2.75, 3.05) is 25.9 Å². The number of hydrogen-bond donors (Lipinski definition) is 0. The molecule has 0 radical (unpaired) electrons. The summed E-state index contributed by atoms with van der Waals surface area (Å²) in [6.07, 6.45) is 0.944. The van der Waals surface area contributed by atoms with Crippen LogP contribution in [0.3, 0.4) is 0 Å². The van der Waals surface area contributed by atoms with Crippen LogP contribution in [0.25, 0.3) is 0 Å². The molecule has 1 unspecified atom stereocenters. The van der Waals surface area contributed by atoms with Gasteiger partial charge in [-0.2, -0.15) is 0 Å². The van der Waals surface area contributed by atoms with Gasteiger partial charge >= 0.3 is 0 Å². The van der Waals surface area contributed by atoms with Crippen molar-refractivity contribution in [3.63, 3.8) is 0 Å². The maximum Gasteiger partial charge on any atom is 0.162 e. The Bertz CT molecular complexity index is 85.1. The van der Waals surface area contributed by atoms with Gasteiger partial charge in [-0.1, -0.05) is 0 Å². The lowest BCUT2D eigenvalue weighted by Gasteiger charge is -2.25. The molecule has 60 valence electrons. The molecule has 0 aromatic rings. The normalized spacial score (nSPS) is 24.3. The second kappa shape index (κ2) is 4.91. The number of ether oxygens (including phenoxy) is 3. The minimum atomic E-state index is -0.0321. The first-order chi connectivity index (χ1) is 4.93. The Morgan fingerprint density at radius 1 is 1.60 bits per heavy atom. The number of rotatable bonds is 5. The molecule has 0 aromatic heterocycles. The summed E-state index contributed by atoms with van der Waals surface area (Å²) < 4.78 is 15.0. The van der Waals surface area contributed by atoms with Crippen LogP contribution in [0.15, 0.2) is 0 Å². The Kier molecular flexibility index (Phi) is 4.06. The summed E-state index contributed by atoms with van der Waals surface area (Å²) in [7, 11) is 0. The van der Waals surface area contributed by atoms with E-state index in [-0.39, 0.29) is 13.1 Å². The van der Waals surface area contributed by atoms with Crippen LogP contribution in [-0.2, 0) is 14.2 Å². The molecule has 1 heterocycles. The molecule has 1 rings (SSSR count). The van der Waals surface area contributed by atoms with E-state index < -0.39 is 0 Å². The Hall–Kier alpha value is 0.170. The van der Waals surface area contributed by atoms with E-state index in [1.807, 2.05) is 0 Å². The monoisotopic (exact) mass is 166 g/mol. The van der Waals surface area contributed by atoms with Crippen molar-refractivity contribution in [3.8, 4) is 0 Å². The van der Waals surface area contributed by atoms with Gasteiger partial charge in [0.15, 0.2) is 6.29 Å². The summed E-state index contributed by atoms with van der Waals surface area (Å²) in [6, 6.07) is 0. The highest BCUT2D eigenvalue weighted by molar-refractivity contribution is 6.17. The van der Waals surface area contributed by atoms with Crippen LogP contribution in [0, 0.1) is 0 Å². The van der Waals surface area contributed by atoms with Crippen molar-refractivity contribution in [3.05, 3.63) is 0 Å². The lowest BCUT2D eigenvalue weighted by atomic mass is 10.3. The summed E-state index contributed by atoms with van der Waals surface area (Å²) >= 11 is 5.35. The molecule has 0 saturated carbocycles. The topological polar surface area (TPSA) is 27.7 Å². The maximum absolute atomic E-state index is 5.35. The fourth-order valence-electron chi connectivity index (χ4n) is 0.583. The largest absolute Gasteiger partial charge is 0.354 e. The predicted molar refractivity (Wildman–Crippen MR) is 37.0 cm³/mol. The van der Waals surface area contributed by atoms with Gasteiger partial charge in [0.05, 0.1) is 13.2 Å². The van der Waals surface area contributed by atoms with E-state index in [4.69, 9.17) is 25.8 Å². The van der Waals surface area contributed by atoms with Gasteiger partial charge in [0.25, 0.3) is 0 Å². The number of halogens is 1. The summed E-state index contributed by atoms with van der Waals surface area (Å²) in [5.74, 6) is 0.509. The molecule has 0 N–H and O–H groups in total. The average molecular weight is 167 g/mol. The zero-order valence-electron chi connectivity index (χ0n) is 5.72. The van der Waals surface area contributed by atoms with Crippen LogP contribution in [0.4, 0.5) is 0 Å². The molecule has 1 fully saturated rings. The summed E-state index contributed by atoms with van der Waals surface area (Å²) in [4.78, 5) is 0. The van der Waals surface area contributed by atoms with Crippen LogP contribution >= 0.6 is 11.6 Å². The summed E-state index contributed by atoms with van der Waals surface area (Å²) in [5, 5.41) is 0. The predicted octanol–water partition coefficient (Wildman–Crippen LogP) is 0.962. The molecule has 4 heteroatoms. The third kappa shape index (κ3) is 2.84. The van der Waals surface area contributed by atoms with Crippen LogP contribution in [0.5, 0.6) is 0 Å². The third-order valence-corrected chi connectivity index (χ3v) is 1.37. The standard InChI is InChI=1S/C6H11ClO3/c7-2-4-8-5-10-6-1-3-9-6/h6H,1-5H2. The van der Waals surface area contributed by atoms with Crippen LogP contribution < -0.4 is 0 Å². The summed E-state index contributed by atoms with van der Waals surface area (Å²) in [6.45, 7) is 1.63. The highest BCUT2D eigenvalue weighted by Crippen LogP contribution is 2.11. The van der Waals surface area contributed by atoms with Crippen molar-refractivity contribution in [1.82, 2.24) is 0 Å². The van der Waals surface area contributed by atoms with Gasteiger partial charge < -0.3 is 14.2 Å². The quantitative estimate of drug-likeness (QED) is 0.346. The number of alkyl halides is 1. The molecule has 1 saturated heterocycles. The fraction of sp³-hybridized carbons (Fsp3) is 1.00. The molecule has 0 aliphatic carbocycles. The van der Waals surface area contributed by atoms with Crippen LogP contribution in [0.2, 0.25) is 0 Å². The van der Waals surface area contributed by atoms with E-state index in [9.17, 15) is 0 Å². The third-order valence-electron chi connectivity index (χ3n) is 1.22. The summed E-state index contributed by atoms with van der Waals surface area (Å²) in [5.41, 5.74) is 0. The first-order valence-corrected chi connectivity index (χ1v) is 3.84. The van der Waals surface area contributed by atoms with E-state index in [2.05, 4.69) is 0 Å². The molecular weight excluding hydrogens is 156 g/mol. The molecule has 1 aliphatic heterocycles. The van der Waals surface area contributed by atoms with Gasteiger partial charge in [-0.3, -0.25) is 0 Å². The van der Waals surface area contributed by atoms with Crippen molar-refractivity contribution >= 4 is 11.6 Å². The van der Waals surface area contributed by atoms with Crippen molar-refractivity contribution in [2.24, 2.45) is 0 Å². The molecule has 1 atom stereocenters. The van der Waals surface area contributed by atoms with Gasteiger partial charge in [0.1, 0.15) is 6.79 Å². The van der Waals surface area contributed by atoms with Crippen molar-refractivity contribution in [1.29, 1.82) is 0 Å². The van der Waals surface area contributed by atoms with E-state index >= 15 is 0 Å². The van der Waals surface area contributed by atoms with Gasteiger partial charge in [0, 0.05) is 12.3 Å². The van der Waals surface area contributed by atoms with E-state index in [0.29, 0.717) is 12.5 Å². The average Bonchev–Trinajstić information content (AvgIpc) is 1.84. The minimum Gasteiger partial charge on any atom is -0.354 e. The molecule has 0 bridgehead atoms. The van der Waals surface area contributed by atoms with E-state index in [1.54, 1.807) is 0 Å². The molecule has 0 amide bonds. The number of hydrogen-bond acceptors (Lipinski definition) is 3. The van der Waals surface area contributed by atoms with Gasteiger partial charge in [-0.15, -0.1) is 11.6 Å². The Labute approximate surface area is 65.2 Å². The Morgan fingerprint density at radius 2 is 2.40 bits per heavy atom. The SMILES string of the molecule is ClCCOCOC1CCO1. The van der Waals surface area contributed by atoms with E-state index in [0.717, 1.165) is 13.0 Å². The molecule has 0 spiro atoms. The van der Waals surface area contributed by atoms with E-state index in [1.165, 1.54) is 0 Å².